The molecule has 27 heavy (non-hydrogen) atoms. The van der Waals surface area contributed by atoms with Crippen LogP contribution in [0.2, 0.25) is 0 Å². The average molecular weight is 392 g/mol. The van der Waals surface area contributed by atoms with E-state index in [9.17, 15) is 17.6 Å². The van der Waals surface area contributed by atoms with E-state index in [1.54, 1.807) is 12.1 Å². The SMILES string of the molecule is O=C(NCC1CCc2cc(F)ccc21)c1ccc(S(=O)(=O)N2CCCC2)o1. The summed E-state index contributed by atoms with van der Waals surface area (Å²) in [4.78, 5) is 12.4. The molecule has 2 heterocycles. The molecular formula is C19H21FN2O4S. The number of rotatable bonds is 5. The number of sulfonamides is 1. The second kappa shape index (κ2) is 7.09. The van der Waals surface area contributed by atoms with Crippen LogP contribution in [0, 0.1) is 5.82 Å². The largest absolute Gasteiger partial charge is 0.438 e. The van der Waals surface area contributed by atoms with E-state index in [4.69, 9.17) is 4.42 Å². The van der Waals surface area contributed by atoms with Gasteiger partial charge in [-0.15, -0.1) is 0 Å². The maximum Gasteiger partial charge on any atom is 0.287 e. The minimum Gasteiger partial charge on any atom is -0.438 e. The van der Waals surface area contributed by atoms with Crippen LogP contribution < -0.4 is 5.32 Å². The number of furan rings is 1. The highest BCUT2D eigenvalue weighted by atomic mass is 32.2. The van der Waals surface area contributed by atoms with E-state index in [2.05, 4.69) is 5.32 Å². The topological polar surface area (TPSA) is 79.6 Å². The van der Waals surface area contributed by atoms with Crippen LogP contribution in [0.1, 0.15) is 46.9 Å². The lowest BCUT2D eigenvalue weighted by molar-refractivity contribution is 0.0918. The van der Waals surface area contributed by atoms with Gasteiger partial charge >= 0.3 is 0 Å². The zero-order valence-corrected chi connectivity index (χ0v) is 15.6. The Balaban J connectivity index is 1.41. The summed E-state index contributed by atoms with van der Waals surface area (Å²) in [7, 11) is -3.67. The molecule has 0 radical (unpaired) electrons. The van der Waals surface area contributed by atoms with Gasteiger partial charge < -0.3 is 9.73 Å². The lowest BCUT2D eigenvalue weighted by atomic mass is 10.0. The zero-order chi connectivity index (χ0) is 19.0. The van der Waals surface area contributed by atoms with Gasteiger partial charge in [-0.05, 0) is 61.1 Å². The smallest absolute Gasteiger partial charge is 0.287 e. The average Bonchev–Trinajstić information content (AvgIpc) is 3.39. The number of amides is 1. The lowest BCUT2D eigenvalue weighted by Gasteiger charge is -2.13. The second-order valence-electron chi connectivity index (χ2n) is 7.02. The molecule has 0 spiro atoms. The van der Waals surface area contributed by atoms with Crippen LogP contribution >= 0.6 is 0 Å². The number of nitrogens with zero attached hydrogens (tertiary/aromatic N) is 1. The highest BCUT2D eigenvalue weighted by Gasteiger charge is 2.31. The number of nitrogens with one attached hydrogen (secondary N) is 1. The molecule has 1 N–H and O–H groups in total. The number of fused-ring (bicyclic) bond motifs is 1. The minimum absolute atomic E-state index is 0.0231. The summed E-state index contributed by atoms with van der Waals surface area (Å²) in [6.07, 6.45) is 3.29. The van der Waals surface area contributed by atoms with Gasteiger partial charge in [0.05, 0.1) is 0 Å². The Hall–Kier alpha value is -2.19. The van der Waals surface area contributed by atoms with Crippen molar-refractivity contribution in [2.45, 2.75) is 36.7 Å². The Morgan fingerprint density at radius 3 is 2.78 bits per heavy atom. The molecule has 1 aromatic heterocycles. The molecule has 4 rings (SSSR count). The third-order valence-electron chi connectivity index (χ3n) is 5.28. The Kier molecular flexibility index (Phi) is 4.77. The Bertz CT molecular complexity index is 964. The third kappa shape index (κ3) is 3.51. The predicted octanol–water partition coefficient (Wildman–Crippen LogP) is 2.66. The molecule has 1 aliphatic carbocycles. The molecule has 1 saturated heterocycles. The van der Waals surface area contributed by atoms with Gasteiger partial charge in [0, 0.05) is 25.6 Å². The van der Waals surface area contributed by atoms with Crippen molar-refractivity contribution in [3.05, 3.63) is 53.0 Å². The number of aryl methyl sites for hydroxylation is 1. The van der Waals surface area contributed by atoms with Crippen molar-refractivity contribution in [1.82, 2.24) is 9.62 Å². The van der Waals surface area contributed by atoms with Crippen LogP contribution in [-0.2, 0) is 16.4 Å². The van der Waals surface area contributed by atoms with E-state index in [0.29, 0.717) is 19.6 Å². The van der Waals surface area contributed by atoms with Crippen molar-refractivity contribution in [3.8, 4) is 0 Å². The minimum atomic E-state index is -3.67. The fourth-order valence-corrected chi connectivity index (χ4v) is 5.25. The van der Waals surface area contributed by atoms with Gasteiger partial charge in [-0.2, -0.15) is 4.31 Å². The molecule has 6 nitrogen and oxygen atoms in total. The molecule has 2 aromatic rings. The van der Waals surface area contributed by atoms with Crippen molar-refractivity contribution < 1.29 is 22.0 Å². The molecule has 8 heteroatoms. The number of halogens is 1. The fraction of sp³-hybridized carbons (Fsp3) is 0.421. The Morgan fingerprint density at radius 2 is 2.00 bits per heavy atom. The first-order valence-electron chi connectivity index (χ1n) is 9.11. The number of carbonyl (C=O) groups is 1. The van der Waals surface area contributed by atoms with E-state index < -0.39 is 15.9 Å². The molecule has 1 atom stereocenters. The van der Waals surface area contributed by atoms with Crippen LogP contribution in [0.15, 0.2) is 39.8 Å². The molecule has 1 aliphatic heterocycles. The van der Waals surface area contributed by atoms with Gasteiger partial charge in [-0.1, -0.05) is 6.07 Å². The van der Waals surface area contributed by atoms with Gasteiger partial charge in [0.2, 0.25) is 5.09 Å². The number of benzene rings is 1. The third-order valence-corrected chi connectivity index (χ3v) is 7.05. The van der Waals surface area contributed by atoms with Crippen molar-refractivity contribution in [2.24, 2.45) is 0 Å². The van der Waals surface area contributed by atoms with E-state index in [1.165, 1.54) is 22.5 Å². The van der Waals surface area contributed by atoms with Crippen molar-refractivity contribution in [2.75, 3.05) is 19.6 Å². The summed E-state index contributed by atoms with van der Waals surface area (Å²) in [6.45, 7) is 1.35. The maximum absolute atomic E-state index is 13.3. The standard InChI is InChI=1S/C19H21FN2O4S/c20-15-5-6-16-13(11-15)3-4-14(16)12-21-19(23)17-7-8-18(26-17)27(24,25)22-9-1-2-10-22/h5-8,11,14H,1-4,9-10,12H2,(H,21,23). The summed E-state index contributed by atoms with van der Waals surface area (Å²) < 4.78 is 45.0. The van der Waals surface area contributed by atoms with E-state index in [1.807, 2.05) is 0 Å². The summed E-state index contributed by atoms with van der Waals surface area (Å²) in [5.74, 6) is -0.605. The molecule has 1 amide bonds. The fourth-order valence-electron chi connectivity index (χ4n) is 3.83. The summed E-state index contributed by atoms with van der Waals surface area (Å²) in [5, 5.41) is 2.60. The van der Waals surface area contributed by atoms with Gasteiger partial charge in [0.25, 0.3) is 15.9 Å². The maximum atomic E-state index is 13.3. The molecule has 2 aliphatic rings. The van der Waals surface area contributed by atoms with Gasteiger partial charge in [0.1, 0.15) is 5.82 Å². The van der Waals surface area contributed by atoms with Gasteiger partial charge in [0.15, 0.2) is 5.76 Å². The molecule has 144 valence electrons. The Labute approximate surface area is 157 Å². The van der Waals surface area contributed by atoms with E-state index >= 15 is 0 Å². The number of carbonyl (C=O) groups excluding carboxylic acids is 1. The molecule has 0 saturated carbocycles. The van der Waals surface area contributed by atoms with Crippen LogP contribution in [0.4, 0.5) is 4.39 Å². The van der Waals surface area contributed by atoms with Gasteiger partial charge in [-0.3, -0.25) is 4.79 Å². The highest BCUT2D eigenvalue weighted by molar-refractivity contribution is 7.89. The first kappa shape index (κ1) is 18.2. The van der Waals surface area contributed by atoms with Crippen LogP contribution in [-0.4, -0.2) is 38.3 Å². The summed E-state index contributed by atoms with van der Waals surface area (Å²) in [6, 6.07) is 7.45. The molecular weight excluding hydrogens is 371 g/mol. The molecule has 1 aromatic carbocycles. The van der Waals surface area contributed by atoms with Crippen molar-refractivity contribution >= 4 is 15.9 Å². The van der Waals surface area contributed by atoms with Gasteiger partial charge in [-0.25, -0.2) is 12.8 Å². The van der Waals surface area contributed by atoms with E-state index in [0.717, 1.165) is 36.8 Å². The first-order valence-corrected chi connectivity index (χ1v) is 10.6. The molecule has 1 fully saturated rings. The van der Waals surface area contributed by atoms with Crippen molar-refractivity contribution in [3.63, 3.8) is 0 Å². The van der Waals surface area contributed by atoms with Crippen LogP contribution in [0.5, 0.6) is 0 Å². The van der Waals surface area contributed by atoms with Crippen LogP contribution in [0.3, 0.4) is 0 Å². The van der Waals surface area contributed by atoms with E-state index in [-0.39, 0.29) is 22.6 Å². The lowest BCUT2D eigenvalue weighted by Crippen LogP contribution is -2.28. The molecule has 0 bridgehead atoms. The summed E-state index contributed by atoms with van der Waals surface area (Å²) in [5.41, 5.74) is 2.03. The second-order valence-corrected chi connectivity index (χ2v) is 8.89. The number of hydrogen-bond donors (Lipinski definition) is 1. The highest BCUT2D eigenvalue weighted by Crippen LogP contribution is 2.33. The van der Waals surface area contributed by atoms with Crippen LogP contribution in [0.25, 0.3) is 0 Å². The van der Waals surface area contributed by atoms with Crippen molar-refractivity contribution in [1.29, 1.82) is 0 Å². The normalized spacial score (nSPS) is 20.0. The summed E-state index contributed by atoms with van der Waals surface area (Å²) >= 11 is 0. The molecule has 1 unspecified atom stereocenters. The number of hydrogen-bond acceptors (Lipinski definition) is 4. The Morgan fingerprint density at radius 1 is 1.22 bits per heavy atom. The quantitative estimate of drug-likeness (QED) is 0.848. The zero-order valence-electron chi connectivity index (χ0n) is 14.8. The first-order chi connectivity index (χ1) is 12.9. The monoisotopic (exact) mass is 392 g/mol. The predicted molar refractivity (Wildman–Crippen MR) is 96.5 cm³/mol.